The molecule has 176 valence electrons. The second-order valence-electron chi connectivity index (χ2n) is 9.79. The summed E-state index contributed by atoms with van der Waals surface area (Å²) in [6.45, 7) is 8.89. The van der Waals surface area contributed by atoms with Crippen LogP contribution in [0.3, 0.4) is 0 Å². The first kappa shape index (κ1) is 24.8. The third-order valence-electron chi connectivity index (χ3n) is 5.97. The number of hydrogen-bond acceptors (Lipinski definition) is 5. The van der Waals surface area contributed by atoms with Crippen molar-refractivity contribution in [1.29, 1.82) is 0 Å². The van der Waals surface area contributed by atoms with Crippen LogP contribution in [0.4, 0.5) is 0 Å². The predicted molar refractivity (Wildman–Crippen MR) is 131 cm³/mol. The third-order valence-corrected chi connectivity index (χ3v) is 6.28. The van der Waals surface area contributed by atoms with Crippen LogP contribution in [-0.4, -0.2) is 58.9 Å². The van der Waals surface area contributed by atoms with Gasteiger partial charge >= 0.3 is 0 Å². The van der Waals surface area contributed by atoms with Crippen molar-refractivity contribution < 1.29 is 19.8 Å². The summed E-state index contributed by atoms with van der Waals surface area (Å²) in [6.07, 6.45) is 0. The highest BCUT2D eigenvalue weighted by Crippen LogP contribution is 2.42. The Morgan fingerprint density at radius 1 is 1.12 bits per heavy atom. The fraction of sp³-hybridized carbons (Fsp3) is 0.385. The molecule has 0 spiro atoms. The fourth-order valence-electron chi connectivity index (χ4n) is 3.95. The summed E-state index contributed by atoms with van der Waals surface area (Å²) in [5.74, 6) is -1.71. The lowest BCUT2D eigenvalue weighted by Crippen LogP contribution is -2.35. The SMILES string of the molecule is Cc1ccc(C(C)(C)C)cc1/C(O)=C1\C(=O)C(=O)N(CCN(C)C)C1c1ccc(O)c(Cl)c1. The smallest absolute Gasteiger partial charge is 0.295 e. The number of amides is 1. The number of carbonyl (C=O) groups excluding carboxylic acids is 2. The molecule has 2 aromatic carbocycles. The molecule has 7 heteroatoms. The van der Waals surface area contributed by atoms with E-state index in [9.17, 15) is 19.8 Å². The Balaban J connectivity index is 2.24. The van der Waals surface area contributed by atoms with E-state index in [4.69, 9.17) is 11.6 Å². The molecule has 1 unspecified atom stereocenters. The average Bonchev–Trinajstić information content (AvgIpc) is 2.98. The Morgan fingerprint density at radius 2 is 1.79 bits per heavy atom. The van der Waals surface area contributed by atoms with Gasteiger partial charge in [0.2, 0.25) is 0 Å². The highest BCUT2D eigenvalue weighted by Gasteiger charge is 2.46. The number of Topliss-reactive ketones (excluding diaryl/α,β-unsaturated/α-hetero) is 1. The number of phenols is 1. The molecule has 2 aromatic rings. The van der Waals surface area contributed by atoms with E-state index in [2.05, 4.69) is 20.8 Å². The molecule has 1 aliphatic rings. The number of benzene rings is 2. The maximum absolute atomic E-state index is 13.2. The molecule has 1 amide bonds. The minimum Gasteiger partial charge on any atom is -0.507 e. The van der Waals surface area contributed by atoms with Gasteiger partial charge in [-0.25, -0.2) is 0 Å². The maximum atomic E-state index is 13.2. The van der Waals surface area contributed by atoms with Crippen LogP contribution in [0.1, 0.15) is 49.1 Å². The summed E-state index contributed by atoms with van der Waals surface area (Å²) in [6, 6.07) is 9.53. The number of aromatic hydroxyl groups is 1. The van der Waals surface area contributed by atoms with E-state index in [0.717, 1.165) is 11.1 Å². The van der Waals surface area contributed by atoms with Crippen molar-refractivity contribution in [3.05, 3.63) is 69.2 Å². The molecule has 1 aliphatic heterocycles. The van der Waals surface area contributed by atoms with Gasteiger partial charge in [-0.05, 0) is 61.3 Å². The van der Waals surface area contributed by atoms with Crippen LogP contribution in [-0.2, 0) is 15.0 Å². The van der Waals surface area contributed by atoms with Gasteiger partial charge in [-0.3, -0.25) is 9.59 Å². The van der Waals surface area contributed by atoms with Gasteiger partial charge in [-0.1, -0.05) is 50.6 Å². The van der Waals surface area contributed by atoms with Gasteiger partial charge in [-0.15, -0.1) is 0 Å². The van der Waals surface area contributed by atoms with E-state index in [1.165, 1.54) is 17.0 Å². The monoisotopic (exact) mass is 470 g/mol. The molecule has 1 saturated heterocycles. The molecule has 0 bridgehead atoms. The van der Waals surface area contributed by atoms with Crippen molar-refractivity contribution in [1.82, 2.24) is 9.80 Å². The second-order valence-corrected chi connectivity index (χ2v) is 10.2. The molecule has 2 N–H and O–H groups in total. The van der Waals surface area contributed by atoms with Gasteiger partial charge in [-0.2, -0.15) is 0 Å². The molecule has 0 radical (unpaired) electrons. The number of aryl methyl sites for hydroxylation is 1. The minimum atomic E-state index is -0.819. The number of halogens is 1. The number of likely N-dealkylation sites (N-methyl/N-ethyl adjacent to an activating group) is 1. The molecule has 1 atom stereocenters. The standard InChI is InChI=1S/C26H31ClN2O4/c1-15-7-9-17(26(2,3)4)14-18(15)23(31)21-22(16-8-10-20(30)19(27)13-16)29(12-11-28(5)6)25(33)24(21)32/h7-10,13-14,22,30-31H,11-12H2,1-6H3/b23-21+. The van der Waals surface area contributed by atoms with Gasteiger partial charge in [0, 0.05) is 18.7 Å². The Kier molecular flexibility index (Phi) is 6.91. The zero-order valence-corrected chi connectivity index (χ0v) is 20.7. The van der Waals surface area contributed by atoms with Crippen LogP contribution in [0, 0.1) is 6.92 Å². The van der Waals surface area contributed by atoms with Gasteiger partial charge < -0.3 is 20.0 Å². The number of nitrogens with zero attached hydrogens (tertiary/aromatic N) is 2. The predicted octanol–water partition coefficient (Wildman–Crippen LogP) is 4.63. The van der Waals surface area contributed by atoms with E-state index in [1.807, 2.05) is 44.1 Å². The summed E-state index contributed by atoms with van der Waals surface area (Å²) < 4.78 is 0. The molecule has 0 aromatic heterocycles. The highest BCUT2D eigenvalue weighted by molar-refractivity contribution is 6.46. The number of likely N-dealkylation sites (tertiary alicyclic amines) is 1. The average molecular weight is 471 g/mol. The van der Waals surface area contributed by atoms with Crippen molar-refractivity contribution in [2.75, 3.05) is 27.2 Å². The number of hydrogen-bond donors (Lipinski definition) is 2. The summed E-state index contributed by atoms with van der Waals surface area (Å²) >= 11 is 6.16. The van der Waals surface area contributed by atoms with Crippen LogP contribution in [0.15, 0.2) is 42.0 Å². The fourth-order valence-corrected chi connectivity index (χ4v) is 4.14. The van der Waals surface area contributed by atoms with Gasteiger partial charge in [0.1, 0.15) is 11.5 Å². The van der Waals surface area contributed by atoms with E-state index in [-0.39, 0.29) is 27.5 Å². The Bertz CT molecular complexity index is 1130. The largest absolute Gasteiger partial charge is 0.507 e. The van der Waals surface area contributed by atoms with Gasteiger partial charge in [0.15, 0.2) is 0 Å². The van der Waals surface area contributed by atoms with Crippen LogP contribution in [0.5, 0.6) is 5.75 Å². The topological polar surface area (TPSA) is 81.1 Å². The highest BCUT2D eigenvalue weighted by atomic mass is 35.5. The lowest BCUT2D eigenvalue weighted by atomic mass is 9.84. The molecule has 0 aliphatic carbocycles. The number of carbonyl (C=O) groups is 2. The van der Waals surface area contributed by atoms with E-state index < -0.39 is 17.7 Å². The molecule has 3 rings (SSSR count). The van der Waals surface area contributed by atoms with Crippen molar-refractivity contribution in [2.45, 2.75) is 39.2 Å². The summed E-state index contributed by atoms with van der Waals surface area (Å²) in [4.78, 5) is 29.6. The first-order valence-corrected chi connectivity index (χ1v) is 11.2. The molecule has 1 fully saturated rings. The van der Waals surface area contributed by atoms with Crippen molar-refractivity contribution in [3.8, 4) is 5.75 Å². The van der Waals surface area contributed by atoms with E-state index in [0.29, 0.717) is 24.2 Å². The van der Waals surface area contributed by atoms with E-state index >= 15 is 0 Å². The molecule has 6 nitrogen and oxygen atoms in total. The molecular formula is C26H31ClN2O4. The molecule has 0 saturated carbocycles. The lowest BCUT2D eigenvalue weighted by molar-refractivity contribution is -0.140. The third kappa shape index (κ3) is 4.92. The summed E-state index contributed by atoms with van der Waals surface area (Å²) in [7, 11) is 3.76. The zero-order valence-electron chi connectivity index (χ0n) is 19.9. The number of ketones is 1. The Labute approximate surface area is 200 Å². The first-order chi connectivity index (χ1) is 15.3. The minimum absolute atomic E-state index is 0.0228. The van der Waals surface area contributed by atoms with Gasteiger partial charge in [0.25, 0.3) is 11.7 Å². The van der Waals surface area contributed by atoms with Gasteiger partial charge in [0.05, 0.1) is 16.6 Å². The lowest BCUT2D eigenvalue weighted by Gasteiger charge is -2.27. The zero-order chi connectivity index (χ0) is 24.7. The van der Waals surface area contributed by atoms with Crippen LogP contribution in [0.2, 0.25) is 5.02 Å². The maximum Gasteiger partial charge on any atom is 0.295 e. The van der Waals surface area contributed by atoms with Crippen LogP contribution in [0.25, 0.3) is 5.76 Å². The van der Waals surface area contributed by atoms with Crippen molar-refractivity contribution in [3.63, 3.8) is 0 Å². The number of aliphatic hydroxyl groups excluding tert-OH is 1. The molecule has 1 heterocycles. The number of rotatable bonds is 5. The van der Waals surface area contributed by atoms with Crippen molar-refractivity contribution in [2.24, 2.45) is 0 Å². The second kappa shape index (κ2) is 9.20. The van der Waals surface area contributed by atoms with Crippen LogP contribution < -0.4 is 0 Å². The molecular weight excluding hydrogens is 440 g/mol. The number of phenolic OH excluding ortho intramolecular Hbond substituents is 1. The van der Waals surface area contributed by atoms with Crippen molar-refractivity contribution >= 4 is 29.1 Å². The normalized spacial score (nSPS) is 18.4. The summed E-state index contributed by atoms with van der Waals surface area (Å²) in [5.41, 5.74) is 2.72. The quantitative estimate of drug-likeness (QED) is 0.378. The first-order valence-electron chi connectivity index (χ1n) is 10.9. The Hall–Kier alpha value is -2.83. The van der Waals surface area contributed by atoms with Crippen LogP contribution >= 0.6 is 11.6 Å². The number of aliphatic hydroxyl groups is 1. The van der Waals surface area contributed by atoms with E-state index in [1.54, 1.807) is 6.07 Å². The Morgan fingerprint density at radius 3 is 2.36 bits per heavy atom. The molecule has 33 heavy (non-hydrogen) atoms. The summed E-state index contributed by atoms with van der Waals surface area (Å²) in [5, 5.41) is 21.4.